The standard InChI is InChI=1S/C10H16NO2/c1-8(2)9(12)7-11(3,4)10-5-6-13-10/h5-6,10H,1,7H2,2-4H3/q+1. The summed E-state index contributed by atoms with van der Waals surface area (Å²) in [5, 5.41) is 0. The average molecular weight is 182 g/mol. The van der Waals surface area contributed by atoms with E-state index in [1.165, 1.54) is 0 Å². The molecule has 72 valence electrons. The first-order valence-corrected chi connectivity index (χ1v) is 4.27. The number of carbonyl (C=O) groups excluding carboxylic acids is 1. The first-order chi connectivity index (χ1) is 5.93. The van der Waals surface area contributed by atoms with Crippen LogP contribution in [0, 0.1) is 0 Å². The lowest BCUT2D eigenvalue weighted by atomic mass is 10.2. The third-order valence-electron chi connectivity index (χ3n) is 2.18. The minimum Gasteiger partial charge on any atom is -0.447 e. The van der Waals surface area contributed by atoms with Gasteiger partial charge in [-0.2, -0.15) is 0 Å². The van der Waals surface area contributed by atoms with E-state index >= 15 is 0 Å². The Hall–Kier alpha value is -1.09. The Kier molecular flexibility index (Phi) is 2.57. The maximum Gasteiger partial charge on any atom is 0.255 e. The zero-order chi connectivity index (χ0) is 10.1. The number of hydrogen-bond acceptors (Lipinski definition) is 2. The molecule has 3 nitrogen and oxygen atoms in total. The predicted octanol–water partition coefficient (Wildman–Crippen LogP) is 1.08. The van der Waals surface area contributed by atoms with Crippen LogP contribution in [0.5, 0.6) is 0 Å². The molecule has 0 fully saturated rings. The van der Waals surface area contributed by atoms with E-state index in [1.54, 1.807) is 13.2 Å². The van der Waals surface area contributed by atoms with E-state index in [1.807, 2.05) is 20.2 Å². The van der Waals surface area contributed by atoms with Gasteiger partial charge in [-0.25, -0.2) is 0 Å². The number of hydrogen-bond donors (Lipinski definition) is 0. The van der Waals surface area contributed by atoms with Gasteiger partial charge in [0.05, 0.1) is 20.4 Å². The van der Waals surface area contributed by atoms with Crippen LogP contribution in [0.15, 0.2) is 24.5 Å². The van der Waals surface area contributed by atoms with Crippen LogP contribution in [0.2, 0.25) is 0 Å². The van der Waals surface area contributed by atoms with Crippen molar-refractivity contribution in [2.24, 2.45) is 0 Å². The van der Waals surface area contributed by atoms with Crippen molar-refractivity contribution in [1.29, 1.82) is 0 Å². The molecule has 0 aromatic rings. The minimum absolute atomic E-state index is 0.0169. The van der Waals surface area contributed by atoms with Crippen LogP contribution < -0.4 is 0 Å². The maximum absolute atomic E-state index is 11.4. The fraction of sp³-hybridized carbons (Fsp3) is 0.500. The Morgan fingerprint density at radius 3 is 2.46 bits per heavy atom. The number of ether oxygens (including phenoxy) is 1. The van der Waals surface area contributed by atoms with E-state index in [-0.39, 0.29) is 12.0 Å². The summed E-state index contributed by atoms with van der Waals surface area (Å²) >= 11 is 0. The molecule has 1 aliphatic heterocycles. The third kappa shape index (κ3) is 2.18. The van der Waals surface area contributed by atoms with E-state index in [4.69, 9.17) is 4.74 Å². The second-order valence-corrected chi connectivity index (χ2v) is 4.00. The topological polar surface area (TPSA) is 26.3 Å². The summed E-state index contributed by atoms with van der Waals surface area (Å²) < 4.78 is 5.72. The summed E-state index contributed by atoms with van der Waals surface area (Å²) in [5.74, 6) is 0.0916. The van der Waals surface area contributed by atoms with Gasteiger partial charge < -0.3 is 4.74 Å². The lowest BCUT2D eigenvalue weighted by molar-refractivity contribution is -0.924. The molecule has 0 amide bonds. The highest BCUT2D eigenvalue weighted by Crippen LogP contribution is 2.17. The van der Waals surface area contributed by atoms with E-state index in [9.17, 15) is 4.79 Å². The summed E-state index contributed by atoms with van der Waals surface area (Å²) in [6.07, 6.45) is 3.62. The van der Waals surface area contributed by atoms with Crippen LogP contribution in [0.3, 0.4) is 0 Å². The molecule has 0 aromatic carbocycles. The molecule has 1 atom stereocenters. The highest BCUT2D eigenvalue weighted by Gasteiger charge is 2.33. The third-order valence-corrected chi connectivity index (χ3v) is 2.18. The predicted molar refractivity (Wildman–Crippen MR) is 50.8 cm³/mol. The van der Waals surface area contributed by atoms with Crippen LogP contribution in [0.1, 0.15) is 6.92 Å². The van der Waals surface area contributed by atoms with Gasteiger partial charge in [0, 0.05) is 6.08 Å². The molecule has 0 radical (unpaired) electrons. The molecule has 1 rings (SSSR count). The highest BCUT2D eigenvalue weighted by molar-refractivity contribution is 5.95. The summed E-state index contributed by atoms with van der Waals surface area (Å²) in [7, 11) is 3.93. The Balaban J connectivity index is 2.55. The normalized spacial score (nSPS) is 20.4. The van der Waals surface area contributed by atoms with Crippen molar-refractivity contribution in [2.75, 3.05) is 20.6 Å². The SMILES string of the molecule is C=C(C)C(=O)C[N+](C)(C)C1C=CO1. The van der Waals surface area contributed by atoms with Gasteiger partial charge in [0.2, 0.25) is 5.78 Å². The number of carbonyl (C=O) groups is 1. The summed E-state index contributed by atoms with van der Waals surface area (Å²) in [5.41, 5.74) is 0.606. The fourth-order valence-corrected chi connectivity index (χ4v) is 1.14. The smallest absolute Gasteiger partial charge is 0.255 e. The summed E-state index contributed by atoms with van der Waals surface area (Å²) in [6.45, 7) is 5.79. The first-order valence-electron chi connectivity index (χ1n) is 4.27. The molecule has 0 N–H and O–H groups in total. The Morgan fingerprint density at radius 1 is 1.62 bits per heavy atom. The van der Waals surface area contributed by atoms with Crippen molar-refractivity contribution in [3.05, 3.63) is 24.5 Å². The molecule has 0 spiro atoms. The van der Waals surface area contributed by atoms with Crippen LogP contribution in [0.25, 0.3) is 0 Å². The number of quaternary nitrogens is 1. The molecule has 0 aliphatic carbocycles. The number of ketones is 1. The maximum atomic E-state index is 11.4. The van der Waals surface area contributed by atoms with E-state index in [0.717, 1.165) is 0 Å². The zero-order valence-corrected chi connectivity index (χ0v) is 8.41. The zero-order valence-electron chi connectivity index (χ0n) is 8.41. The lowest BCUT2D eigenvalue weighted by Crippen LogP contribution is -2.53. The Bertz CT molecular complexity index is 266. The van der Waals surface area contributed by atoms with Gasteiger partial charge in [0.1, 0.15) is 6.54 Å². The fourth-order valence-electron chi connectivity index (χ4n) is 1.14. The minimum atomic E-state index is 0.0169. The van der Waals surface area contributed by atoms with Crippen LogP contribution in [0.4, 0.5) is 0 Å². The van der Waals surface area contributed by atoms with E-state index in [0.29, 0.717) is 16.6 Å². The van der Waals surface area contributed by atoms with Crippen molar-refractivity contribution in [3.63, 3.8) is 0 Å². The molecule has 0 aromatic heterocycles. The van der Waals surface area contributed by atoms with Crippen molar-refractivity contribution >= 4 is 5.78 Å². The molecule has 0 saturated heterocycles. The quantitative estimate of drug-likeness (QED) is 0.480. The first kappa shape index (κ1) is 9.99. The number of rotatable bonds is 4. The van der Waals surface area contributed by atoms with Crippen LogP contribution >= 0.6 is 0 Å². The van der Waals surface area contributed by atoms with E-state index < -0.39 is 0 Å². The Morgan fingerprint density at radius 2 is 2.15 bits per heavy atom. The van der Waals surface area contributed by atoms with E-state index in [2.05, 4.69) is 6.58 Å². The van der Waals surface area contributed by atoms with Gasteiger partial charge >= 0.3 is 0 Å². The van der Waals surface area contributed by atoms with Gasteiger partial charge in [0.25, 0.3) is 6.23 Å². The summed E-state index contributed by atoms with van der Waals surface area (Å²) in [6, 6.07) is 0. The van der Waals surface area contributed by atoms with Gasteiger partial charge in [-0.3, -0.25) is 9.28 Å². The molecule has 13 heavy (non-hydrogen) atoms. The molecular weight excluding hydrogens is 166 g/mol. The van der Waals surface area contributed by atoms with Crippen molar-refractivity contribution in [1.82, 2.24) is 0 Å². The van der Waals surface area contributed by atoms with Crippen molar-refractivity contribution in [3.8, 4) is 0 Å². The lowest BCUT2D eigenvalue weighted by Gasteiger charge is -2.37. The van der Waals surface area contributed by atoms with Crippen molar-refractivity contribution < 1.29 is 14.0 Å². The summed E-state index contributed by atoms with van der Waals surface area (Å²) in [4.78, 5) is 11.4. The molecule has 0 bridgehead atoms. The van der Waals surface area contributed by atoms with Gasteiger partial charge in [0.15, 0.2) is 0 Å². The van der Waals surface area contributed by atoms with Crippen LogP contribution in [-0.4, -0.2) is 37.1 Å². The average Bonchev–Trinajstić information content (AvgIpc) is 1.79. The molecule has 0 saturated carbocycles. The van der Waals surface area contributed by atoms with Crippen molar-refractivity contribution in [2.45, 2.75) is 13.2 Å². The highest BCUT2D eigenvalue weighted by atomic mass is 16.5. The molecule has 3 heteroatoms. The molecule has 1 unspecified atom stereocenters. The second-order valence-electron chi connectivity index (χ2n) is 4.00. The number of nitrogens with zero attached hydrogens (tertiary/aromatic N) is 1. The second kappa shape index (κ2) is 3.34. The molecular formula is C10H16NO2+. The van der Waals surface area contributed by atoms with Gasteiger partial charge in [-0.15, -0.1) is 0 Å². The Labute approximate surface area is 78.9 Å². The molecule has 1 aliphatic rings. The number of likely N-dealkylation sites (N-methyl/N-ethyl adjacent to an activating group) is 1. The largest absolute Gasteiger partial charge is 0.447 e. The monoisotopic (exact) mass is 182 g/mol. The van der Waals surface area contributed by atoms with Gasteiger partial charge in [-0.1, -0.05) is 6.58 Å². The van der Waals surface area contributed by atoms with Gasteiger partial charge in [-0.05, 0) is 12.5 Å². The van der Waals surface area contributed by atoms with Crippen LogP contribution in [-0.2, 0) is 9.53 Å². The molecule has 1 heterocycles. The number of Topliss-reactive ketones (excluding diaryl/α,β-unsaturated/α-hetero) is 1.